The second-order valence-electron chi connectivity index (χ2n) is 8.19. The lowest BCUT2D eigenvalue weighted by Crippen LogP contribution is -2.51. The molecule has 1 spiro atoms. The van der Waals surface area contributed by atoms with Crippen LogP contribution in [0.15, 0.2) is 66.9 Å². The lowest BCUT2D eigenvalue weighted by Gasteiger charge is -2.30. The molecule has 2 N–H and O–H groups in total. The Morgan fingerprint density at radius 1 is 0.938 bits per heavy atom. The third-order valence-electron chi connectivity index (χ3n) is 6.11. The molecule has 0 radical (unpaired) electrons. The summed E-state index contributed by atoms with van der Waals surface area (Å²) in [5.74, 6) is -0.963. The third-order valence-corrected chi connectivity index (χ3v) is 6.11. The first-order valence-corrected chi connectivity index (χ1v) is 10.8. The van der Waals surface area contributed by atoms with Gasteiger partial charge in [0, 0.05) is 11.8 Å². The highest BCUT2D eigenvalue weighted by Crippen LogP contribution is 2.33. The monoisotopic (exact) mass is 429 g/mol. The summed E-state index contributed by atoms with van der Waals surface area (Å²) < 4.78 is 1.62. The number of rotatable bonds is 4. The molecule has 4 amide bonds. The molecule has 2 aromatic carbocycles. The molecule has 32 heavy (non-hydrogen) atoms. The summed E-state index contributed by atoms with van der Waals surface area (Å²) in [7, 11) is 0. The van der Waals surface area contributed by atoms with Gasteiger partial charge in [-0.3, -0.25) is 15.0 Å². The Balaban J connectivity index is 1.47. The Bertz CT molecular complexity index is 1170. The number of hydrogen-bond donors (Lipinski definition) is 2. The zero-order chi connectivity index (χ0) is 22.1. The van der Waals surface area contributed by atoms with E-state index < -0.39 is 23.4 Å². The van der Waals surface area contributed by atoms with Crippen LogP contribution in [0.25, 0.3) is 16.9 Å². The second-order valence-corrected chi connectivity index (χ2v) is 8.19. The molecule has 3 aromatic rings. The van der Waals surface area contributed by atoms with Crippen LogP contribution in [0.3, 0.4) is 0 Å². The van der Waals surface area contributed by atoms with Crippen LogP contribution >= 0.6 is 0 Å². The van der Waals surface area contributed by atoms with Gasteiger partial charge in [-0.25, -0.2) is 9.48 Å². The fourth-order valence-electron chi connectivity index (χ4n) is 4.44. The summed E-state index contributed by atoms with van der Waals surface area (Å²) in [5.41, 5.74) is 3.90. The molecular formula is C24H23N5O3. The summed E-state index contributed by atoms with van der Waals surface area (Å²) in [4.78, 5) is 38.9. The summed E-state index contributed by atoms with van der Waals surface area (Å²) in [6, 6.07) is 18.2. The number of para-hydroxylation sites is 1. The van der Waals surface area contributed by atoms with E-state index in [-0.39, 0.29) is 5.56 Å². The molecule has 2 aliphatic rings. The number of benzene rings is 2. The van der Waals surface area contributed by atoms with Crippen molar-refractivity contribution in [2.24, 2.45) is 0 Å². The van der Waals surface area contributed by atoms with E-state index in [0.29, 0.717) is 18.5 Å². The smallest absolute Gasteiger partial charge is 0.322 e. The number of imide groups is 1. The first-order chi connectivity index (χ1) is 15.6. The maximum atomic E-state index is 13.3. The van der Waals surface area contributed by atoms with Gasteiger partial charge in [0.25, 0.3) is 11.8 Å². The largest absolute Gasteiger partial charge is 0.344 e. The van der Waals surface area contributed by atoms with Crippen molar-refractivity contribution in [2.75, 3.05) is 0 Å². The summed E-state index contributed by atoms with van der Waals surface area (Å²) in [6.45, 7) is 0. The van der Waals surface area contributed by atoms with Crippen LogP contribution in [0.4, 0.5) is 4.79 Å². The molecule has 0 bridgehead atoms. The highest BCUT2D eigenvalue weighted by atomic mass is 16.2. The minimum atomic E-state index is -0.904. The van der Waals surface area contributed by atoms with Gasteiger partial charge in [-0.05, 0) is 25.0 Å². The van der Waals surface area contributed by atoms with Gasteiger partial charge in [0.05, 0.1) is 11.3 Å². The first kappa shape index (κ1) is 20.0. The molecule has 1 aliphatic carbocycles. The molecule has 0 atom stereocenters. The van der Waals surface area contributed by atoms with Crippen molar-refractivity contribution in [2.45, 2.75) is 37.6 Å². The van der Waals surface area contributed by atoms with Gasteiger partial charge in [0.15, 0.2) is 0 Å². The number of nitrogens with one attached hydrogen (secondary N) is 2. The normalized spacial score (nSPS) is 17.4. The molecule has 1 saturated carbocycles. The van der Waals surface area contributed by atoms with E-state index in [9.17, 15) is 14.4 Å². The van der Waals surface area contributed by atoms with E-state index in [1.807, 2.05) is 60.7 Å². The maximum Gasteiger partial charge on any atom is 0.344 e. The van der Waals surface area contributed by atoms with Crippen molar-refractivity contribution in [1.29, 1.82) is 0 Å². The molecule has 1 aliphatic heterocycles. The van der Waals surface area contributed by atoms with E-state index in [0.717, 1.165) is 35.5 Å². The number of amides is 4. The van der Waals surface area contributed by atoms with E-state index in [1.165, 1.54) is 0 Å². The first-order valence-electron chi connectivity index (χ1n) is 10.8. The predicted octanol–water partition coefficient (Wildman–Crippen LogP) is 3.44. The van der Waals surface area contributed by atoms with Gasteiger partial charge in [-0.2, -0.15) is 10.1 Å². The molecule has 162 valence electrons. The zero-order valence-electron chi connectivity index (χ0n) is 17.5. The maximum absolute atomic E-state index is 13.3. The van der Waals surface area contributed by atoms with Crippen LogP contribution < -0.4 is 10.7 Å². The lowest BCUT2D eigenvalue weighted by molar-refractivity contribution is -0.134. The predicted molar refractivity (Wildman–Crippen MR) is 118 cm³/mol. The third kappa shape index (κ3) is 3.43. The van der Waals surface area contributed by atoms with Crippen molar-refractivity contribution < 1.29 is 14.4 Å². The Labute approximate surface area is 185 Å². The average Bonchev–Trinajstić information content (AvgIpc) is 3.37. The fraction of sp³-hybridized carbons (Fsp3) is 0.250. The van der Waals surface area contributed by atoms with Crippen LogP contribution in [-0.4, -0.2) is 38.2 Å². The number of aromatic nitrogens is 2. The number of carbonyl (C=O) groups excluding carboxylic acids is 3. The molecule has 8 nitrogen and oxygen atoms in total. The number of hydrazine groups is 1. The minimum absolute atomic E-state index is 0.269. The van der Waals surface area contributed by atoms with Crippen molar-refractivity contribution >= 4 is 17.8 Å². The van der Waals surface area contributed by atoms with Gasteiger partial charge < -0.3 is 5.32 Å². The average molecular weight is 429 g/mol. The Hall–Kier alpha value is -3.94. The standard InChI is InChI=1S/C24H23N5O3/c30-21(27-29-22(31)24(25-23(29)32)14-8-3-9-15-24)19-16-28(18-12-6-2-7-13-18)26-20(19)17-10-4-1-5-11-17/h1-2,4-7,10-13,16H,3,8-9,14-15H2,(H,25,32)(H,27,30). The number of carbonyl (C=O) groups is 3. The Morgan fingerprint density at radius 3 is 2.28 bits per heavy atom. The van der Waals surface area contributed by atoms with Gasteiger partial charge in [-0.1, -0.05) is 67.8 Å². The lowest BCUT2D eigenvalue weighted by atomic mass is 9.82. The van der Waals surface area contributed by atoms with Gasteiger partial charge in [0.1, 0.15) is 11.2 Å². The Kier molecular flexibility index (Phi) is 4.97. The second kappa shape index (κ2) is 7.96. The van der Waals surface area contributed by atoms with Crippen LogP contribution in [0.2, 0.25) is 0 Å². The van der Waals surface area contributed by atoms with Gasteiger partial charge in [0.2, 0.25) is 0 Å². The van der Waals surface area contributed by atoms with Crippen LogP contribution in [0.5, 0.6) is 0 Å². The molecule has 0 unspecified atom stereocenters. The molecule has 2 heterocycles. The van der Waals surface area contributed by atoms with E-state index in [2.05, 4.69) is 15.8 Å². The van der Waals surface area contributed by atoms with Crippen molar-refractivity contribution in [1.82, 2.24) is 25.5 Å². The molecule has 1 aromatic heterocycles. The molecule has 2 fully saturated rings. The van der Waals surface area contributed by atoms with Crippen LogP contribution in [-0.2, 0) is 4.79 Å². The SMILES string of the molecule is O=C(NN1C(=O)NC2(CCCCC2)C1=O)c1cn(-c2ccccc2)nc1-c1ccccc1. The Morgan fingerprint density at radius 2 is 1.59 bits per heavy atom. The highest BCUT2D eigenvalue weighted by molar-refractivity contribution is 6.10. The van der Waals surface area contributed by atoms with E-state index in [1.54, 1.807) is 10.9 Å². The van der Waals surface area contributed by atoms with Gasteiger partial charge >= 0.3 is 6.03 Å². The molecule has 1 saturated heterocycles. The summed E-state index contributed by atoms with van der Waals surface area (Å²) in [5, 5.41) is 8.25. The highest BCUT2D eigenvalue weighted by Gasteiger charge is 2.52. The molecular weight excluding hydrogens is 406 g/mol. The zero-order valence-corrected chi connectivity index (χ0v) is 17.5. The number of nitrogens with zero attached hydrogens (tertiary/aromatic N) is 3. The number of hydrogen-bond acceptors (Lipinski definition) is 4. The quantitative estimate of drug-likeness (QED) is 0.621. The molecule has 8 heteroatoms. The topological polar surface area (TPSA) is 96.3 Å². The number of urea groups is 1. The minimum Gasteiger partial charge on any atom is -0.322 e. The van der Waals surface area contributed by atoms with E-state index in [4.69, 9.17) is 0 Å². The van der Waals surface area contributed by atoms with Crippen molar-refractivity contribution in [3.05, 3.63) is 72.4 Å². The molecule has 5 rings (SSSR count). The van der Waals surface area contributed by atoms with Crippen molar-refractivity contribution in [3.8, 4) is 16.9 Å². The van der Waals surface area contributed by atoms with Crippen LogP contribution in [0, 0.1) is 0 Å². The van der Waals surface area contributed by atoms with Gasteiger partial charge in [-0.15, -0.1) is 0 Å². The van der Waals surface area contributed by atoms with E-state index >= 15 is 0 Å². The summed E-state index contributed by atoms with van der Waals surface area (Å²) >= 11 is 0. The van der Waals surface area contributed by atoms with Crippen molar-refractivity contribution in [3.63, 3.8) is 0 Å². The van der Waals surface area contributed by atoms with Crippen LogP contribution in [0.1, 0.15) is 42.5 Å². The fourth-order valence-corrected chi connectivity index (χ4v) is 4.44. The summed E-state index contributed by atoms with van der Waals surface area (Å²) in [6.07, 6.45) is 5.57.